The van der Waals surface area contributed by atoms with E-state index in [1.807, 2.05) is 0 Å². The molecule has 2 aromatic rings. The van der Waals surface area contributed by atoms with E-state index in [4.69, 9.17) is 10.5 Å². The zero-order valence-corrected chi connectivity index (χ0v) is 14.9. The Morgan fingerprint density at radius 2 is 2.00 bits per heavy atom. The van der Waals surface area contributed by atoms with Crippen molar-refractivity contribution in [2.24, 2.45) is 11.7 Å². The Hall–Kier alpha value is -2.18. The van der Waals surface area contributed by atoms with Gasteiger partial charge >= 0.3 is 0 Å². The summed E-state index contributed by atoms with van der Waals surface area (Å²) in [6, 6.07) is 10.2. The smallest absolute Gasteiger partial charge is 0.227 e. The van der Waals surface area contributed by atoms with Crippen molar-refractivity contribution in [1.82, 2.24) is 0 Å². The first-order valence-electron chi connectivity index (χ1n) is 8.24. The number of carbonyl (C=O) groups is 1. The van der Waals surface area contributed by atoms with Crippen molar-refractivity contribution in [2.75, 3.05) is 5.32 Å². The van der Waals surface area contributed by atoms with E-state index in [1.165, 1.54) is 24.3 Å². The van der Waals surface area contributed by atoms with Gasteiger partial charge in [0.05, 0.1) is 0 Å². The van der Waals surface area contributed by atoms with Crippen LogP contribution in [0.4, 0.5) is 14.5 Å². The van der Waals surface area contributed by atoms with Crippen LogP contribution in [-0.2, 0) is 11.4 Å². The fourth-order valence-corrected chi connectivity index (χ4v) is 2.98. The Bertz CT molecular complexity index is 773. The van der Waals surface area contributed by atoms with Gasteiger partial charge in [-0.25, -0.2) is 8.78 Å². The Morgan fingerprint density at radius 3 is 2.65 bits per heavy atom. The molecule has 1 saturated carbocycles. The molecule has 2 unspecified atom stereocenters. The van der Waals surface area contributed by atoms with Crippen LogP contribution < -0.4 is 15.8 Å². The van der Waals surface area contributed by atoms with Gasteiger partial charge < -0.3 is 15.8 Å². The van der Waals surface area contributed by atoms with E-state index in [2.05, 4.69) is 5.32 Å². The number of ether oxygens (including phenoxy) is 1. The van der Waals surface area contributed by atoms with Gasteiger partial charge in [0, 0.05) is 23.7 Å². The zero-order chi connectivity index (χ0) is 17.8. The molecule has 0 saturated heterocycles. The summed E-state index contributed by atoms with van der Waals surface area (Å²) in [7, 11) is 0. The molecular formula is C19H21ClF2N2O2. The van der Waals surface area contributed by atoms with Crippen LogP contribution in [0.15, 0.2) is 42.5 Å². The minimum Gasteiger partial charge on any atom is -0.486 e. The number of nitrogens with two attached hydrogens (primary N) is 1. The number of benzene rings is 2. The number of hydrogen-bond donors (Lipinski definition) is 2. The van der Waals surface area contributed by atoms with Gasteiger partial charge in [-0.15, -0.1) is 12.4 Å². The van der Waals surface area contributed by atoms with Crippen LogP contribution >= 0.6 is 12.4 Å². The van der Waals surface area contributed by atoms with Gasteiger partial charge in [-0.1, -0.05) is 12.1 Å². The first kappa shape index (κ1) is 20.1. The van der Waals surface area contributed by atoms with Crippen molar-refractivity contribution < 1.29 is 18.3 Å². The maximum Gasteiger partial charge on any atom is 0.227 e. The molecule has 1 aliphatic carbocycles. The molecular weight excluding hydrogens is 362 g/mol. The number of amides is 1. The Labute approximate surface area is 157 Å². The third-order valence-electron chi connectivity index (χ3n) is 4.33. The molecule has 0 radical (unpaired) electrons. The lowest BCUT2D eigenvalue weighted by Crippen LogP contribution is -2.23. The largest absolute Gasteiger partial charge is 0.486 e. The molecule has 0 aliphatic heterocycles. The van der Waals surface area contributed by atoms with E-state index in [-0.39, 0.29) is 48.4 Å². The van der Waals surface area contributed by atoms with Crippen molar-refractivity contribution in [3.63, 3.8) is 0 Å². The van der Waals surface area contributed by atoms with E-state index >= 15 is 0 Å². The van der Waals surface area contributed by atoms with Crippen molar-refractivity contribution in [2.45, 2.75) is 31.9 Å². The molecule has 0 bridgehead atoms. The first-order valence-corrected chi connectivity index (χ1v) is 8.24. The lowest BCUT2D eigenvalue weighted by Gasteiger charge is -2.12. The summed E-state index contributed by atoms with van der Waals surface area (Å²) in [5.74, 6) is -1.17. The quantitative estimate of drug-likeness (QED) is 0.820. The normalized spacial score (nSPS) is 18.9. The number of halogens is 3. The predicted molar refractivity (Wildman–Crippen MR) is 98.3 cm³/mol. The van der Waals surface area contributed by atoms with Gasteiger partial charge in [0.25, 0.3) is 0 Å². The molecule has 3 N–H and O–H groups in total. The van der Waals surface area contributed by atoms with Crippen LogP contribution in [0.3, 0.4) is 0 Å². The van der Waals surface area contributed by atoms with Gasteiger partial charge in [0.2, 0.25) is 5.91 Å². The van der Waals surface area contributed by atoms with Crippen LogP contribution in [0.5, 0.6) is 5.75 Å². The second kappa shape index (κ2) is 8.96. The van der Waals surface area contributed by atoms with Crippen LogP contribution in [-0.4, -0.2) is 11.9 Å². The van der Waals surface area contributed by atoms with Crippen molar-refractivity contribution >= 4 is 24.0 Å². The van der Waals surface area contributed by atoms with E-state index < -0.39 is 5.82 Å². The lowest BCUT2D eigenvalue weighted by molar-refractivity contribution is -0.119. The monoisotopic (exact) mass is 382 g/mol. The maximum absolute atomic E-state index is 14.2. The molecule has 4 nitrogen and oxygen atoms in total. The molecule has 0 aromatic heterocycles. The standard InChI is InChI=1S/C19H20F2N2O2.ClH/c20-14-3-1-2-12(8-14)11-25-18-7-6-16(10-17(18)21)23-19(24)13-4-5-15(22)9-13;/h1-3,6-8,10,13,15H,4-5,9,11,22H2,(H,23,24);1H. The Balaban J connectivity index is 0.00000243. The van der Waals surface area contributed by atoms with Crippen LogP contribution in [0.25, 0.3) is 0 Å². The molecule has 7 heteroatoms. The number of carbonyl (C=O) groups excluding carboxylic acids is 1. The van der Waals surface area contributed by atoms with E-state index in [0.717, 1.165) is 12.8 Å². The van der Waals surface area contributed by atoms with E-state index in [9.17, 15) is 13.6 Å². The summed E-state index contributed by atoms with van der Waals surface area (Å²) < 4.78 is 32.7. The molecule has 0 spiro atoms. The van der Waals surface area contributed by atoms with E-state index in [0.29, 0.717) is 17.7 Å². The van der Waals surface area contributed by atoms with Crippen LogP contribution in [0, 0.1) is 17.6 Å². The molecule has 2 atom stereocenters. The minimum atomic E-state index is -0.586. The summed E-state index contributed by atoms with van der Waals surface area (Å²) in [4.78, 5) is 12.1. The zero-order valence-electron chi connectivity index (χ0n) is 14.1. The molecule has 140 valence electrons. The lowest BCUT2D eigenvalue weighted by atomic mass is 10.1. The highest BCUT2D eigenvalue weighted by atomic mass is 35.5. The molecule has 1 aliphatic rings. The van der Waals surface area contributed by atoms with Crippen molar-refractivity contribution in [3.8, 4) is 5.75 Å². The van der Waals surface area contributed by atoms with Gasteiger partial charge in [-0.2, -0.15) is 0 Å². The summed E-state index contributed by atoms with van der Waals surface area (Å²) in [5, 5.41) is 2.71. The summed E-state index contributed by atoms with van der Waals surface area (Å²) in [6.07, 6.45) is 2.24. The predicted octanol–water partition coefficient (Wildman–Crippen LogP) is 4.03. The van der Waals surface area contributed by atoms with Crippen LogP contribution in [0.1, 0.15) is 24.8 Å². The highest BCUT2D eigenvalue weighted by molar-refractivity contribution is 5.92. The second-order valence-corrected chi connectivity index (χ2v) is 6.32. The fourth-order valence-electron chi connectivity index (χ4n) is 2.98. The average molecular weight is 383 g/mol. The highest BCUT2D eigenvalue weighted by Gasteiger charge is 2.27. The van der Waals surface area contributed by atoms with Crippen molar-refractivity contribution in [1.29, 1.82) is 0 Å². The summed E-state index contributed by atoms with van der Waals surface area (Å²) >= 11 is 0. The SMILES string of the molecule is Cl.NC1CCC(C(=O)Nc2ccc(OCc3cccc(F)c3)c(F)c2)C1. The first-order chi connectivity index (χ1) is 12.0. The topological polar surface area (TPSA) is 64.4 Å². The van der Waals surface area contributed by atoms with Gasteiger partial charge in [0.1, 0.15) is 12.4 Å². The average Bonchev–Trinajstić information content (AvgIpc) is 3.01. The molecule has 1 amide bonds. The minimum absolute atomic E-state index is 0. The summed E-state index contributed by atoms with van der Waals surface area (Å²) in [6.45, 7) is 0.0559. The van der Waals surface area contributed by atoms with Crippen molar-refractivity contribution in [3.05, 3.63) is 59.7 Å². The number of hydrogen-bond acceptors (Lipinski definition) is 3. The molecule has 1 fully saturated rings. The van der Waals surface area contributed by atoms with Gasteiger partial charge in [-0.3, -0.25) is 4.79 Å². The molecule has 0 heterocycles. The van der Waals surface area contributed by atoms with E-state index in [1.54, 1.807) is 18.2 Å². The Kier molecular flexibility index (Phi) is 6.94. The molecule has 26 heavy (non-hydrogen) atoms. The Morgan fingerprint density at radius 1 is 1.19 bits per heavy atom. The third kappa shape index (κ3) is 5.16. The second-order valence-electron chi connectivity index (χ2n) is 6.32. The number of rotatable bonds is 5. The fraction of sp³-hybridized carbons (Fsp3) is 0.316. The third-order valence-corrected chi connectivity index (χ3v) is 4.33. The van der Waals surface area contributed by atoms with Gasteiger partial charge in [-0.05, 0) is 49.1 Å². The van der Waals surface area contributed by atoms with Gasteiger partial charge in [0.15, 0.2) is 11.6 Å². The number of anilines is 1. The molecule has 3 rings (SSSR count). The maximum atomic E-state index is 14.2. The molecule has 2 aromatic carbocycles. The number of nitrogens with one attached hydrogen (secondary N) is 1. The highest BCUT2D eigenvalue weighted by Crippen LogP contribution is 2.27. The van der Waals surface area contributed by atoms with Crippen LogP contribution in [0.2, 0.25) is 0 Å². The summed E-state index contributed by atoms with van der Waals surface area (Å²) in [5.41, 5.74) is 6.79.